The first-order valence-corrected chi connectivity index (χ1v) is 3.10. The van der Waals surface area contributed by atoms with Gasteiger partial charge in [0.15, 0.2) is 0 Å². The number of methoxy groups -OCH3 is 1. The SMILES string of the molecule is CC[C@](C)(NO)C(=O)OC. The minimum Gasteiger partial charge on any atom is -0.468 e. The minimum absolute atomic E-state index is 0.461. The summed E-state index contributed by atoms with van der Waals surface area (Å²) in [5, 5.41) is 8.54. The summed E-state index contributed by atoms with van der Waals surface area (Å²) in [5.41, 5.74) is 0.941. The number of hydroxylamine groups is 1. The molecule has 0 radical (unpaired) electrons. The van der Waals surface area contributed by atoms with Gasteiger partial charge in [0.2, 0.25) is 0 Å². The Bertz CT molecular complexity index is 120. The van der Waals surface area contributed by atoms with E-state index in [1.54, 1.807) is 13.8 Å². The molecular weight excluding hydrogens is 134 g/mol. The predicted molar refractivity (Wildman–Crippen MR) is 35.6 cm³/mol. The molecule has 2 N–H and O–H groups in total. The largest absolute Gasteiger partial charge is 0.468 e. The maximum absolute atomic E-state index is 10.9. The van der Waals surface area contributed by atoms with E-state index in [1.807, 2.05) is 5.48 Å². The number of hydrogen-bond donors (Lipinski definition) is 2. The van der Waals surface area contributed by atoms with Crippen LogP contribution in [-0.2, 0) is 9.53 Å². The normalized spacial score (nSPS) is 16.0. The van der Waals surface area contributed by atoms with Gasteiger partial charge in [0.05, 0.1) is 7.11 Å². The first-order chi connectivity index (χ1) is 4.60. The molecule has 0 aromatic carbocycles. The number of hydrogen-bond acceptors (Lipinski definition) is 4. The topological polar surface area (TPSA) is 58.6 Å². The highest BCUT2D eigenvalue weighted by Crippen LogP contribution is 2.09. The number of esters is 1. The molecule has 0 rings (SSSR count). The lowest BCUT2D eigenvalue weighted by Crippen LogP contribution is -2.47. The fourth-order valence-corrected chi connectivity index (χ4v) is 0.494. The van der Waals surface area contributed by atoms with Crippen molar-refractivity contribution >= 4 is 5.97 Å². The average molecular weight is 147 g/mol. The van der Waals surface area contributed by atoms with Crippen LogP contribution in [0.3, 0.4) is 0 Å². The third kappa shape index (κ3) is 1.68. The van der Waals surface area contributed by atoms with Crippen molar-refractivity contribution in [3.63, 3.8) is 0 Å². The van der Waals surface area contributed by atoms with Crippen molar-refractivity contribution in [1.82, 2.24) is 5.48 Å². The van der Waals surface area contributed by atoms with Gasteiger partial charge < -0.3 is 9.94 Å². The van der Waals surface area contributed by atoms with Crippen LogP contribution in [0.25, 0.3) is 0 Å². The van der Waals surface area contributed by atoms with Gasteiger partial charge in [0, 0.05) is 0 Å². The van der Waals surface area contributed by atoms with Crippen LogP contribution in [0.1, 0.15) is 20.3 Å². The molecule has 0 aromatic heterocycles. The van der Waals surface area contributed by atoms with Gasteiger partial charge in [-0.05, 0) is 13.3 Å². The van der Waals surface area contributed by atoms with E-state index in [0.29, 0.717) is 6.42 Å². The van der Waals surface area contributed by atoms with Crippen molar-refractivity contribution in [2.24, 2.45) is 0 Å². The average Bonchev–Trinajstić information content (AvgIpc) is 2.01. The van der Waals surface area contributed by atoms with Crippen molar-refractivity contribution in [2.45, 2.75) is 25.8 Å². The molecule has 0 aliphatic rings. The van der Waals surface area contributed by atoms with E-state index in [0.717, 1.165) is 0 Å². The fourth-order valence-electron chi connectivity index (χ4n) is 0.494. The molecule has 4 nitrogen and oxygen atoms in total. The van der Waals surface area contributed by atoms with Crippen LogP contribution < -0.4 is 5.48 Å². The molecular formula is C6H13NO3. The highest BCUT2D eigenvalue weighted by molar-refractivity contribution is 5.79. The molecule has 0 spiro atoms. The van der Waals surface area contributed by atoms with Crippen LogP contribution in [-0.4, -0.2) is 23.8 Å². The summed E-state index contributed by atoms with van der Waals surface area (Å²) in [4.78, 5) is 10.9. The zero-order valence-electron chi connectivity index (χ0n) is 6.47. The minimum atomic E-state index is -0.964. The second-order valence-corrected chi connectivity index (χ2v) is 2.29. The lowest BCUT2D eigenvalue weighted by Gasteiger charge is -2.22. The Morgan fingerprint density at radius 2 is 2.30 bits per heavy atom. The summed E-state index contributed by atoms with van der Waals surface area (Å²) in [6, 6.07) is 0. The molecule has 10 heavy (non-hydrogen) atoms. The molecule has 0 saturated carbocycles. The first-order valence-electron chi connectivity index (χ1n) is 3.10. The highest BCUT2D eigenvalue weighted by Gasteiger charge is 2.31. The van der Waals surface area contributed by atoms with Gasteiger partial charge in [0.1, 0.15) is 5.54 Å². The lowest BCUT2D eigenvalue weighted by molar-refractivity contribution is -0.152. The van der Waals surface area contributed by atoms with Crippen molar-refractivity contribution in [3.05, 3.63) is 0 Å². The van der Waals surface area contributed by atoms with Gasteiger partial charge in [-0.3, -0.25) is 0 Å². The van der Waals surface area contributed by atoms with Crippen molar-refractivity contribution < 1.29 is 14.7 Å². The summed E-state index contributed by atoms with van der Waals surface area (Å²) in [6.45, 7) is 3.35. The van der Waals surface area contributed by atoms with Crippen LogP contribution in [0.5, 0.6) is 0 Å². The number of rotatable bonds is 3. The maximum Gasteiger partial charge on any atom is 0.328 e. The Kier molecular flexibility index (Phi) is 3.32. The van der Waals surface area contributed by atoms with Crippen molar-refractivity contribution in [3.8, 4) is 0 Å². The standard InChI is InChI=1S/C6H13NO3/c1-4-6(2,7-9)5(8)10-3/h7,9H,4H2,1-3H3/t6-/m0/s1. The summed E-state index contributed by atoms with van der Waals surface area (Å²) in [7, 11) is 1.29. The lowest BCUT2D eigenvalue weighted by atomic mass is 10.0. The Labute approximate surface area is 60.1 Å². The van der Waals surface area contributed by atoms with E-state index < -0.39 is 11.5 Å². The monoisotopic (exact) mass is 147 g/mol. The van der Waals surface area contributed by atoms with Gasteiger partial charge >= 0.3 is 5.97 Å². The molecule has 1 atom stereocenters. The zero-order valence-corrected chi connectivity index (χ0v) is 6.47. The molecule has 0 fully saturated rings. The Morgan fingerprint density at radius 3 is 2.40 bits per heavy atom. The maximum atomic E-state index is 10.9. The summed E-state index contributed by atoms with van der Waals surface area (Å²) >= 11 is 0. The smallest absolute Gasteiger partial charge is 0.328 e. The van der Waals surface area contributed by atoms with Crippen LogP contribution in [0.15, 0.2) is 0 Å². The van der Waals surface area contributed by atoms with Crippen LogP contribution in [0.2, 0.25) is 0 Å². The number of nitrogens with one attached hydrogen (secondary N) is 1. The number of carbonyl (C=O) groups excluding carboxylic acids is 1. The van der Waals surface area contributed by atoms with Crippen LogP contribution in [0.4, 0.5) is 0 Å². The van der Waals surface area contributed by atoms with Crippen LogP contribution in [0, 0.1) is 0 Å². The molecule has 0 aliphatic heterocycles. The third-order valence-electron chi connectivity index (χ3n) is 1.59. The predicted octanol–water partition coefficient (Wildman–Crippen LogP) is 0.307. The molecule has 0 saturated heterocycles. The van der Waals surface area contributed by atoms with Crippen LogP contribution >= 0.6 is 0 Å². The van der Waals surface area contributed by atoms with E-state index in [9.17, 15) is 4.79 Å². The molecule has 0 aromatic rings. The van der Waals surface area contributed by atoms with Crippen molar-refractivity contribution in [1.29, 1.82) is 0 Å². The van der Waals surface area contributed by atoms with E-state index in [-0.39, 0.29) is 0 Å². The van der Waals surface area contributed by atoms with Crippen molar-refractivity contribution in [2.75, 3.05) is 7.11 Å². The Hall–Kier alpha value is -0.610. The van der Waals surface area contributed by atoms with Gasteiger partial charge in [-0.1, -0.05) is 6.92 Å². The molecule has 0 heterocycles. The second-order valence-electron chi connectivity index (χ2n) is 2.29. The Balaban J connectivity index is 4.17. The van der Waals surface area contributed by atoms with Gasteiger partial charge in [-0.15, -0.1) is 0 Å². The van der Waals surface area contributed by atoms with Gasteiger partial charge in [0.25, 0.3) is 0 Å². The van der Waals surface area contributed by atoms with E-state index in [1.165, 1.54) is 7.11 Å². The number of carbonyl (C=O) groups is 1. The summed E-state index contributed by atoms with van der Waals surface area (Å²) < 4.78 is 4.44. The second kappa shape index (κ2) is 3.53. The highest BCUT2D eigenvalue weighted by atomic mass is 16.5. The molecule has 0 bridgehead atoms. The quantitative estimate of drug-likeness (QED) is 0.445. The van der Waals surface area contributed by atoms with Gasteiger partial charge in [-0.2, -0.15) is 5.48 Å². The van der Waals surface area contributed by atoms with Gasteiger partial charge in [-0.25, -0.2) is 4.79 Å². The van der Waals surface area contributed by atoms with E-state index >= 15 is 0 Å². The number of ether oxygens (including phenoxy) is 1. The third-order valence-corrected chi connectivity index (χ3v) is 1.59. The molecule has 0 amide bonds. The molecule has 60 valence electrons. The Morgan fingerprint density at radius 1 is 1.80 bits per heavy atom. The molecule has 0 aliphatic carbocycles. The molecule has 0 unspecified atom stereocenters. The van der Waals surface area contributed by atoms with E-state index in [2.05, 4.69) is 4.74 Å². The fraction of sp³-hybridized carbons (Fsp3) is 0.833. The van der Waals surface area contributed by atoms with E-state index in [4.69, 9.17) is 5.21 Å². The zero-order chi connectivity index (χ0) is 8.20. The summed E-state index contributed by atoms with van der Waals surface area (Å²) in [6.07, 6.45) is 0.482. The summed E-state index contributed by atoms with van der Waals surface area (Å²) in [5.74, 6) is -0.461. The first kappa shape index (κ1) is 9.39. The molecule has 4 heteroatoms.